The smallest absolute Gasteiger partial charge is 0.221 e. The summed E-state index contributed by atoms with van der Waals surface area (Å²) in [5, 5.41) is 8.53. The van der Waals surface area contributed by atoms with Crippen molar-refractivity contribution in [3.63, 3.8) is 0 Å². The summed E-state index contributed by atoms with van der Waals surface area (Å²) in [7, 11) is 0. The average molecular weight is 302 g/mol. The number of aryl methyl sites for hydroxylation is 2. The molecule has 2 rings (SSSR count). The van der Waals surface area contributed by atoms with Gasteiger partial charge in [-0.25, -0.2) is 0 Å². The van der Waals surface area contributed by atoms with Crippen molar-refractivity contribution >= 4 is 16.8 Å². The Labute approximate surface area is 132 Å². The zero-order valence-electron chi connectivity index (χ0n) is 13.8. The quantitative estimate of drug-likeness (QED) is 0.813. The average Bonchev–Trinajstić information content (AvgIpc) is 2.94. The third-order valence-electron chi connectivity index (χ3n) is 4.10. The van der Waals surface area contributed by atoms with E-state index >= 15 is 0 Å². The van der Waals surface area contributed by atoms with Gasteiger partial charge >= 0.3 is 0 Å². The first-order chi connectivity index (χ1) is 10.7. The van der Waals surface area contributed by atoms with Crippen LogP contribution in [0, 0.1) is 6.92 Å². The molecule has 0 aliphatic carbocycles. The Morgan fingerprint density at radius 3 is 2.82 bits per heavy atom. The van der Waals surface area contributed by atoms with E-state index in [1.54, 1.807) is 0 Å². The van der Waals surface area contributed by atoms with Crippen molar-refractivity contribution in [2.75, 3.05) is 26.2 Å². The molecule has 1 aromatic carbocycles. The van der Waals surface area contributed by atoms with E-state index in [4.69, 9.17) is 0 Å². The number of hydrogen-bond acceptors (Lipinski definition) is 3. The molecule has 0 radical (unpaired) electrons. The molecule has 0 bridgehead atoms. The zero-order chi connectivity index (χ0) is 15.9. The number of nitrogens with zero attached hydrogens (tertiary/aromatic N) is 3. The summed E-state index contributed by atoms with van der Waals surface area (Å²) < 4.78 is 1.91. The van der Waals surface area contributed by atoms with Crippen molar-refractivity contribution in [2.45, 2.75) is 33.7 Å². The van der Waals surface area contributed by atoms with Crippen LogP contribution in [0.25, 0.3) is 10.9 Å². The van der Waals surface area contributed by atoms with Gasteiger partial charge in [0.2, 0.25) is 5.91 Å². The maximum atomic E-state index is 11.9. The molecule has 0 spiro atoms. The topological polar surface area (TPSA) is 50.2 Å². The highest BCUT2D eigenvalue weighted by Crippen LogP contribution is 2.17. The summed E-state index contributed by atoms with van der Waals surface area (Å²) in [6, 6.07) is 6.15. The standard InChI is InChI=1S/C17H26N4O/c1-4-20(5-2)12-10-18-17(22)9-11-21-16-8-6-7-14(3)15(16)13-19-21/h6-8,13H,4-5,9-12H2,1-3H3,(H,18,22). The predicted molar refractivity (Wildman–Crippen MR) is 89.9 cm³/mol. The van der Waals surface area contributed by atoms with Crippen LogP contribution < -0.4 is 5.32 Å². The first-order valence-corrected chi connectivity index (χ1v) is 8.05. The van der Waals surface area contributed by atoms with E-state index in [-0.39, 0.29) is 5.91 Å². The Morgan fingerprint density at radius 2 is 2.09 bits per heavy atom. The molecule has 120 valence electrons. The number of rotatable bonds is 8. The highest BCUT2D eigenvalue weighted by molar-refractivity contribution is 5.82. The van der Waals surface area contributed by atoms with Crippen LogP contribution in [-0.4, -0.2) is 46.8 Å². The van der Waals surface area contributed by atoms with Crippen LogP contribution >= 0.6 is 0 Å². The normalized spacial score (nSPS) is 11.3. The number of benzene rings is 1. The number of aromatic nitrogens is 2. The number of likely N-dealkylation sites (N-methyl/N-ethyl adjacent to an activating group) is 1. The second-order valence-corrected chi connectivity index (χ2v) is 5.50. The predicted octanol–water partition coefficient (Wildman–Crippen LogP) is 2.19. The molecule has 0 atom stereocenters. The summed E-state index contributed by atoms with van der Waals surface area (Å²) in [5.74, 6) is 0.0865. The van der Waals surface area contributed by atoms with E-state index in [1.807, 2.05) is 23.0 Å². The van der Waals surface area contributed by atoms with Gasteiger partial charge in [0, 0.05) is 24.9 Å². The fraction of sp³-hybridized carbons (Fsp3) is 0.529. The van der Waals surface area contributed by atoms with E-state index in [9.17, 15) is 4.79 Å². The van der Waals surface area contributed by atoms with Crippen LogP contribution in [0.3, 0.4) is 0 Å². The molecule has 5 nitrogen and oxygen atoms in total. The van der Waals surface area contributed by atoms with Gasteiger partial charge in [-0.3, -0.25) is 9.48 Å². The van der Waals surface area contributed by atoms with Gasteiger partial charge in [-0.15, -0.1) is 0 Å². The van der Waals surface area contributed by atoms with Crippen molar-refractivity contribution in [1.29, 1.82) is 0 Å². The molecular weight excluding hydrogens is 276 g/mol. The lowest BCUT2D eigenvalue weighted by Gasteiger charge is -2.17. The Balaban J connectivity index is 1.82. The molecule has 0 aliphatic rings. The van der Waals surface area contributed by atoms with Gasteiger partial charge in [-0.2, -0.15) is 5.10 Å². The second kappa shape index (κ2) is 7.94. The summed E-state index contributed by atoms with van der Waals surface area (Å²) in [5.41, 5.74) is 2.31. The molecule has 1 N–H and O–H groups in total. The first kappa shape index (κ1) is 16.5. The molecule has 0 saturated heterocycles. The maximum Gasteiger partial charge on any atom is 0.221 e. The van der Waals surface area contributed by atoms with Crippen LogP contribution in [0.4, 0.5) is 0 Å². The van der Waals surface area contributed by atoms with Crippen molar-refractivity contribution in [1.82, 2.24) is 20.0 Å². The highest BCUT2D eigenvalue weighted by Gasteiger charge is 2.07. The molecule has 0 saturated carbocycles. The fourth-order valence-electron chi connectivity index (χ4n) is 2.62. The number of amides is 1. The van der Waals surface area contributed by atoms with Gasteiger partial charge in [0.1, 0.15) is 0 Å². The molecular formula is C17H26N4O. The van der Waals surface area contributed by atoms with Gasteiger partial charge in [0.25, 0.3) is 0 Å². The SMILES string of the molecule is CCN(CC)CCNC(=O)CCn1ncc2c(C)cccc21. The lowest BCUT2D eigenvalue weighted by molar-refractivity contribution is -0.121. The summed E-state index contributed by atoms with van der Waals surface area (Å²) >= 11 is 0. The molecule has 0 fully saturated rings. The molecule has 0 unspecified atom stereocenters. The molecule has 22 heavy (non-hydrogen) atoms. The number of nitrogens with one attached hydrogen (secondary N) is 1. The van der Waals surface area contributed by atoms with Gasteiger partial charge in [-0.1, -0.05) is 26.0 Å². The number of carbonyl (C=O) groups excluding carboxylic acids is 1. The zero-order valence-corrected chi connectivity index (χ0v) is 13.8. The minimum absolute atomic E-state index is 0.0865. The van der Waals surface area contributed by atoms with Crippen molar-refractivity contribution in [2.24, 2.45) is 0 Å². The van der Waals surface area contributed by atoms with Crippen LogP contribution in [0.15, 0.2) is 24.4 Å². The molecule has 2 aromatic rings. The third-order valence-corrected chi connectivity index (χ3v) is 4.10. The van der Waals surface area contributed by atoms with Crippen LogP contribution in [0.5, 0.6) is 0 Å². The summed E-state index contributed by atoms with van der Waals surface area (Å²) in [6.07, 6.45) is 2.34. The molecule has 0 aliphatic heterocycles. The van der Waals surface area contributed by atoms with Gasteiger partial charge in [-0.05, 0) is 31.6 Å². The number of fused-ring (bicyclic) bond motifs is 1. The minimum Gasteiger partial charge on any atom is -0.355 e. The van der Waals surface area contributed by atoms with E-state index in [1.165, 1.54) is 5.56 Å². The van der Waals surface area contributed by atoms with Gasteiger partial charge in [0.15, 0.2) is 0 Å². The van der Waals surface area contributed by atoms with Crippen molar-refractivity contribution in [3.8, 4) is 0 Å². The minimum atomic E-state index is 0.0865. The van der Waals surface area contributed by atoms with Crippen LogP contribution in [0.2, 0.25) is 0 Å². The number of carbonyl (C=O) groups is 1. The summed E-state index contributed by atoms with van der Waals surface area (Å²) in [4.78, 5) is 14.2. The monoisotopic (exact) mass is 302 g/mol. The maximum absolute atomic E-state index is 11.9. The van der Waals surface area contributed by atoms with E-state index in [0.29, 0.717) is 19.5 Å². The number of hydrogen-bond donors (Lipinski definition) is 1. The Kier molecular flexibility index (Phi) is 5.95. The van der Waals surface area contributed by atoms with Gasteiger partial charge < -0.3 is 10.2 Å². The van der Waals surface area contributed by atoms with Crippen LogP contribution in [-0.2, 0) is 11.3 Å². The second-order valence-electron chi connectivity index (χ2n) is 5.50. The van der Waals surface area contributed by atoms with Gasteiger partial charge in [0.05, 0.1) is 18.3 Å². The third kappa shape index (κ3) is 4.07. The lowest BCUT2D eigenvalue weighted by atomic mass is 10.1. The van der Waals surface area contributed by atoms with Crippen molar-refractivity contribution in [3.05, 3.63) is 30.0 Å². The fourth-order valence-corrected chi connectivity index (χ4v) is 2.62. The Hall–Kier alpha value is -1.88. The molecule has 5 heteroatoms. The molecule has 1 heterocycles. The van der Waals surface area contributed by atoms with Crippen LogP contribution in [0.1, 0.15) is 25.8 Å². The summed E-state index contributed by atoms with van der Waals surface area (Å²) in [6.45, 7) is 10.6. The Bertz CT molecular complexity index is 616. The van der Waals surface area contributed by atoms with Crippen molar-refractivity contribution < 1.29 is 4.79 Å². The lowest BCUT2D eigenvalue weighted by Crippen LogP contribution is -2.35. The van der Waals surface area contributed by atoms with E-state index < -0.39 is 0 Å². The highest BCUT2D eigenvalue weighted by atomic mass is 16.1. The Morgan fingerprint density at radius 1 is 1.32 bits per heavy atom. The largest absolute Gasteiger partial charge is 0.355 e. The van der Waals surface area contributed by atoms with E-state index in [2.05, 4.69) is 42.2 Å². The van der Waals surface area contributed by atoms with E-state index in [0.717, 1.165) is 30.5 Å². The molecule has 1 amide bonds. The first-order valence-electron chi connectivity index (χ1n) is 8.05. The molecule has 1 aromatic heterocycles.